The van der Waals surface area contributed by atoms with Crippen molar-refractivity contribution in [3.8, 4) is 11.3 Å². The molecule has 122 valence electrons. The van der Waals surface area contributed by atoms with Crippen molar-refractivity contribution in [2.75, 3.05) is 12.4 Å². The minimum absolute atomic E-state index is 0.139. The van der Waals surface area contributed by atoms with Crippen LogP contribution in [0.1, 0.15) is 17.3 Å². The van der Waals surface area contributed by atoms with Gasteiger partial charge in [0.15, 0.2) is 5.82 Å². The second-order valence-corrected chi connectivity index (χ2v) is 4.82. The third-order valence-electron chi connectivity index (χ3n) is 3.19. The van der Waals surface area contributed by atoms with E-state index in [-0.39, 0.29) is 5.56 Å². The summed E-state index contributed by atoms with van der Waals surface area (Å²) in [5, 5.41) is 4.81. The standard InChI is InChI=1S/C15H15F3N4O/c1-9(15(16,17)18)22-14(23)11-5-3-10(4-6-11)12-13(19-2)21-8-7-20-12/h3-9H,1-2H3,(H,19,21)(H,22,23)/t9-/m1/s1. The summed E-state index contributed by atoms with van der Waals surface area (Å²) in [5.41, 5.74) is 1.42. The van der Waals surface area contributed by atoms with Crippen molar-refractivity contribution in [1.29, 1.82) is 0 Å². The lowest BCUT2D eigenvalue weighted by Crippen LogP contribution is -2.43. The first-order valence-electron chi connectivity index (χ1n) is 6.79. The van der Waals surface area contributed by atoms with Crippen molar-refractivity contribution in [2.24, 2.45) is 0 Å². The molecule has 1 aromatic heterocycles. The number of alkyl halides is 3. The Morgan fingerprint density at radius 1 is 1.13 bits per heavy atom. The molecule has 1 aromatic carbocycles. The van der Waals surface area contributed by atoms with E-state index in [1.165, 1.54) is 24.5 Å². The van der Waals surface area contributed by atoms with Crippen LogP contribution in [0, 0.1) is 0 Å². The van der Waals surface area contributed by atoms with Crippen LogP contribution in [-0.4, -0.2) is 35.1 Å². The minimum atomic E-state index is -4.48. The average Bonchev–Trinajstić information content (AvgIpc) is 2.54. The second kappa shape index (κ2) is 6.64. The molecule has 0 aliphatic heterocycles. The van der Waals surface area contributed by atoms with E-state index in [9.17, 15) is 18.0 Å². The molecule has 2 N–H and O–H groups in total. The molecule has 0 fully saturated rings. The molecule has 2 rings (SSSR count). The molecule has 1 atom stereocenters. The number of nitrogens with one attached hydrogen (secondary N) is 2. The van der Waals surface area contributed by atoms with Crippen LogP contribution in [0.15, 0.2) is 36.7 Å². The zero-order chi connectivity index (χ0) is 17.0. The van der Waals surface area contributed by atoms with Gasteiger partial charge < -0.3 is 10.6 Å². The van der Waals surface area contributed by atoms with Crippen LogP contribution in [0.3, 0.4) is 0 Å². The number of amides is 1. The van der Waals surface area contributed by atoms with Crippen LogP contribution in [0.5, 0.6) is 0 Å². The third-order valence-corrected chi connectivity index (χ3v) is 3.19. The average molecular weight is 324 g/mol. The van der Waals surface area contributed by atoms with E-state index in [4.69, 9.17) is 0 Å². The predicted octanol–water partition coefficient (Wildman–Crippen LogP) is 2.87. The molecular weight excluding hydrogens is 309 g/mol. The summed E-state index contributed by atoms with van der Waals surface area (Å²) in [6.07, 6.45) is -1.41. The van der Waals surface area contributed by atoms with E-state index in [2.05, 4.69) is 15.3 Å². The van der Waals surface area contributed by atoms with Gasteiger partial charge in [0.05, 0.1) is 0 Å². The quantitative estimate of drug-likeness (QED) is 0.907. The maximum Gasteiger partial charge on any atom is 0.408 e. The fourth-order valence-electron chi connectivity index (χ4n) is 1.87. The van der Waals surface area contributed by atoms with Gasteiger partial charge in [-0.25, -0.2) is 4.98 Å². The lowest BCUT2D eigenvalue weighted by atomic mass is 10.1. The Labute approximate surface area is 131 Å². The first-order valence-corrected chi connectivity index (χ1v) is 6.79. The van der Waals surface area contributed by atoms with Gasteiger partial charge in [0.1, 0.15) is 11.7 Å². The van der Waals surface area contributed by atoms with Crippen LogP contribution in [-0.2, 0) is 0 Å². The minimum Gasteiger partial charge on any atom is -0.371 e. The Kier molecular flexibility index (Phi) is 4.83. The molecule has 0 aliphatic rings. The van der Waals surface area contributed by atoms with E-state index >= 15 is 0 Å². The largest absolute Gasteiger partial charge is 0.408 e. The normalized spacial score (nSPS) is 12.6. The monoisotopic (exact) mass is 324 g/mol. The van der Waals surface area contributed by atoms with Gasteiger partial charge in [-0.05, 0) is 19.1 Å². The summed E-state index contributed by atoms with van der Waals surface area (Å²) in [5.74, 6) is -0.218. The van der Waals surface area contributed by atoms with Crippen molar-refractivity contribution in [3.05, 3.63) is 42.2 Å². The van der Waals surface area contributed by atoms with Gasteiger partial charge in [-0.15, -0.1) is 0 Å². The van der Waals surface area contributed by atoms with Gasteiger partial charge in [-0.1, -0.05) is 12.1 Å². The molecule has 1 heterocycles. The maximum atomic E-state index is 12.5. The fourth-order valence-corrected chi connectivity index (χ4v) is 1.87. The zero-order valence-electron chi connectivity index (χ0n) is 12.5. The number of anilines is 1. The van der Waals surface area contributed by atoms with Gasteiger partial charge in [-0.3, -0.25) is 9.78 Å². The SMILES string of the molecule is CNc1nccnc1-c1ccc(C(=O)N[C@H](C)C(F)(F)F)cc1. The maximum absolute atomic E-state index is 12.5. The molecule has 0 saturated carbocycles. The summed E-state index contributed by atoms with van der Waals surface area (Å²) < 4.78 is 37.4. The topological polar surface area (TPSA) is 66.9 Å². The van der Waals surface area contributed by atoms with Crippen molar-refractivity contribution < 1.29 is 18.0 Å². The Hall–Kier alpha value is -2.64. The molecule has 8 heteroatoms. The second-order valence-electron chi connectivity index (χ2n) is 4.82. The summed E-state index contributed by atoms with van der Waals surface area (Å²) in [4.78, 5) is 20.1. The first kappa shape index (κ1) is 16.7. The van der Waals surface area contributed by atoms with E-state index in [1.807, 2.05) is 5.32 Å². The van der Waals surface area contributed by atoms with Crippen LogP contribution in [0.25, 0.3) is 11.3 Å². The lowest BCUT2D eigenvalue weighted by molar-refractivity contribution is -0.149. The molecule has 0 unspecified atom stereocenters. The highest BCUT2D eigenvalue weighted by atomic mass is 19.4. The van der Waals surface area contributed by atoms with E-state index in [0.717, 1.165) is 6.92 Å². The van der Waals surface area contributed by atoms with Crippen LogP contribution in [0.4, 0.5) is 19.0 Å². The van der Waals surface area contributed by atoms with Crippen LogP contribution >= 0.6 is 0 Å². The number of benzene rings is 1. The third kappa shape index (κ3) is 3.97. The molecule has 0 saturated heterocycles. The van der Waals surface area contributed by atoms with E-state index < -0.39 is 18.1 Å². The molecule has 1 amide bonds. The highest BCUT2D eigenvalue weighted by molar-refractivity contribution is 5.95. The summed E-state index contributed by atoms with van der Waals surface area (Å²) in [7, 11) is 1.70. The molecule has 2 aromatic rings. The van der Waals surface area contributed by atoms with Gasteiger partial charge >= 0.3 is 6.18 Å². The Morgan fingerprint density at radius 2 is 1.74 bits per heavy atom. The number of carbonyl (C=O) groups excluding carboxylic acids is 1. The molecule has 0 radical (unpaired) electrons. The van der Waals surface area contributed by atoms with Crippen molar-refractivity contribution in [1.82, 2.24) is 15.3 Å². The molecule has 0 bridgehead atoms. The number of rotatable bonds is 4. The zero-order valence-corrected chi connectivity index (χ0v) is 12.5. The van der Waals surface area contributed by atoms with Crippen LogP contribution in [0.2, 0.25) is 0 Å². The lowest BCUT2D eigenvalue weighted by Gasteiger charge is -2.17. The van der Waals surface area contributed by atoms with Crippen molar-refractivity contribution >= 4 is 11.7 Å². The smallest absolute Gasteiger partial charge is 0.371 e. The van der Waals surface area contributed by atoms with Gasteiger partial charge in [-0.2, -0.15) is 13.2 Å². The molecule has 0 aliphatic carbocycles. The number of carbonyl (C=O) groups is 1. The van der Waals surface area contributed by atoms with Gasteiger partial charge in [0.2, 0.25) is 0 Å². The van der Waals surface area contributed by atoms with Gasteiger partial charge in [0.25, 0.3) is 5.91 Å². The van der Waals surface area contributed by atoms with E-state index in [0.29, 0.717) is 17.1 Å². The fraction of sp³-hybridized carbons (Fsp3) is 0.267. The number of nitrogens with zero attached hydrogens (tertiary/aromatic N) is 2. The molecule has 5 nitrogen and oxygen atoms in total. The van der Waals surface area contributed by atoms with Crippen molar-refractivity contribution in [3.63, 3.8) is 0 Å². The van der Waals surface area contributed by atoms with E-state index in [1.54, 1.807) is 19.2 Å². The number of halogens is 3. The van der Waals surface area contributed by atoms with Gasteiger partial charge in [0, 0.05) is 30.6 Å². The Balaban J connectivity index is 2.18. The number of hydrogen-bond acceptors (Lipinski definition) is 4. The number of hydrogen-bond donors (Lipinski definition) is 2. The summed E-state index contributed by atoms with van der Waals surface area (Å²) in [6, 6.07) is 4.20. The molecular formula is C15H15F3N4O. The highest BCUT2D eigenvalue weighted by Crippen LogP contribution is 2.24. The Morgan fingerprint density at radius 3 is 2.30 bits per heavy atom. The Bertz CT molecular complexity index is 686. The molecule has 23 heavy (non-hydrogen) atoms. The summed E-state index contributed by atoms with van der Waals surface area (Å²) >= 11 is 0. The van der Waals surface area contributed by atoms with Crippen molar-refractivity contribution in [2.45, 2.75) is 19.1 Å². The number of aromatic nitrogens is 2. The first-order chi connectivity index (χ1) is 10.8. The highest BCUT2D eigenvalue weighted by Gasteiger charge is 2.37. The van der Waals surface area contributed by atoms with Crippen LogP contribution < -0.4 is 10.6 Å². The summed E-state index contributed by atoms with van der Waals surface area (Å²) in [6.45, 7) is 0.894. The predicted molar refractivity (Wildman–Crippen MR) is 80.0 cm³/mol. The molecule has 0 spiro atoms.